The monoisotopic (exact) mass is 420 g/mol. The number of halogens is 1. The van der Waals surface area contributed by atoms with Crippen molar-refractivity contribution in [2.45, 2.75) is 20.0 Å². The second kappa shape index (κ2) is 8.47. The van der Waals surface area contributed by atoms with Gasteiger partial charge in [-0.2, -0.15) is 0 Å². The number of furan rings is 1. The lowest BCUT2D eigenvalue weighted by molar-refractivity contribution is 0.0950. The molecule has 2 aromatic carbocycles. The molecule has 158 valence electrons. The fourth-order valence-corrected chi connectivity index (χ4v) is 3.50. The van der Waals surface area contributed by atoms with E-state index < -0.39 is 5.91 Å². The third kappa shape index (κ3) is 4.21. The Bertz CT molecular complexity index is 1310. The molecule has 2 heterocycles. The van der Waals surface area contributed by atoms with Gasteiger partial charge in [-0.15, -0.1) is 0 Å². The maximum absolute atomic E-state index is 13.2. The molecule has 0 radical (unpaired) electrons. The third-order valence-electron chi connectivity index (χ3n) is 5.07. The number of hydrogen-bond acceptors (Lipinski definition) is 4. The van der Waals surface area contributed by atoms with Crippen molar-refractivity contribution < 1.29 is 18.3 Å². The van der Waals surface area contributed by atoms with Crippen molar-refractivity contribution >= 4 is 16.9 Å². The molecule has 0 aliphatic heterocycles. The number of hydrogen-bond donors (Lipinski definition) is 1. The molecular weight excluding hydrogens is 399 g/mol. The van der Waals surface area contributed by atoms with Crippen LogP contribution in [0, 0.1) is 12.7 Å². The van der Waals surface area contributed by atoms with Crippen LogP contribution in [0.3, 0.4) is 0 Å². The number of aryl methyl sites for hydroxylation is 1. The van der Waals surface area contributed by atoms with Crippen LogP contribution in [0.5, 0.6) is 5.75 Å². The van der Waals surface area contributed by atoms with Crippen molar-refractivity contribution in [3.8, 4) is 5.75 Å². The molecule has 1 N–H and O–H groups in total. The van der Waals surface area contributed by atoms with Gasteiger partial charge < -0.3 is 19.0 Å². The van der Waals surface area contributed by atoms with E-state index in [9.17, 15) is 14.0 Å². The highest BCUT2D eigenvalue weighted by Gasteiger charge is 2.21. The highest BCUT2D eigenvalue weighted by molar-refractivity contribution is 6.06. The average molecular weight is 420 g/mol. The minimum Gasteiger partial charge on any atom is -0.497 e. The summed E-state index contributed by atoms with van der Waals surface area (Å²) in [5, 5.41) is 3.07. The lowest BCUT2D eigenvalue weighted by Gasteiger charge is -2.08. The summed E-state index contributed by atoms with van der Waals surface area (Å²) in [7, 11) is 1.58. The summed E-state index contributed by atoms with van der Waals surface area (Å²) in [5.41, 5.74) is 1.87. The second-order valence-corrected chi connectivity index (χ2v) is 7.18. The summed E-state index contributed by atoms with van der Waals surface area (Å²) in [6, 6.07) is 15.0. The van der Waals surface area contributed by atoms with E-state index in [4.69, 9.17) is 9.15 Å². The van der Waals surface area contributed by atoms with Gasteiger partial charge in [-0.3, -0.25) is 9.59 Å². The Hall–Kier alpha value is -3.87. The normalized spacial score (nSPS) is 10.9. The molecule has 4 rings (SSSR count). The van der Waals surface area contributed by atoms with Crippen LogP contribution in [0.25, 0.3) is 11.0 Å². The number of benzene rings is 2. The third-order valence-corrected chi connectivity index (χ3v) is 5.07. The van der Waals surface area contributed by atoms with Crippen LogP contribution in [-0.2, 0) is 13.1 Å². The Morgan fingerprint density at radius 3 is 2.65 bits per heavy atom. The van der Waals surface area contributed by atoms with Crippen molar-refractivity contribution in [1.82, 2.24) is 9.88 Å². The molecule has 0 unspecified atom stereocenters. The SMILES string of the molecule is COc1cccc(CNC(=O)c2c(C)oc3ccn(Cc4ccc(F)cc4)c(=O)c23)c1. The molecule has 0 saturated carbocycles. The highest BCUT2D eigenvalue weighted by Crippen LogP contribution is 2.23. The quantitative estimate of drug-likeness (QED) is 0.511. The van der Waals surface area contributed by atoms with Crippen LogP contribution in [0.15, 0.2) is 70.0 Å². The van der Waals surface area contributed by atoms with E-state index in [0.717, 1.165) is 11.1 Å². The Labute approximate surface area is 177 Å². The predicted molar refractivity (Wildman–Crippen MR) is 115 cm³/mol. The van der Waals surface area contributed by atoms with Gasteiger partial charge in [0.2, 0.25) is 0 Å². The van der Waals surface area contributed by atoms with Crippen LogP contribution in [0.2, 0.25) is 0 Å². The van der Waals surface area contributed by atoms with Crippen LogP contribution in [0.4, 0.5) is 4.39 Å². The Morgan fingerprint density at radius 1 is 1.13 bits per heavy atom. The van der Waals surface area contributed by atoms with Gasteiger partial charge in [-0.1, -0.05) is 24.3 Å². The van der Waals surface area contributed by atoms with E-state index in [1.165, 1.54) is 16.7 Å². The van der Waals surface area contributed by atoms with Gasteiger partial charge in [0.05, 0.1) is 24.6 Å². The molecule has 31 heavy (non-hydrogen) atoms. The lowest BCUT2D eigenvalue weighted by atomic mass is 10.1. The van der Waals surface area contributed by atoms with Crippen molar-refractivity contribution in [2.75, 3.05) is 7.11 Å². The van der Waals surface area contributed by atoms with Gasteiger partial charge in [0, 0.05) is 12.7 Å². The number of ether oxygens (including phenoxy) is 1. The number of fused-ring (bicyclic) bond motifs is 1. The van der Waals surface area contributed by atoms with Gasteiger partial charge in [0.1, 0.15) is 22.9 Å². The fraction of sp³-hybridized carbons (Fsp3) is 0.167. The minimum absolute atomic E-state index is 0.219. The van der Waals surface area contributed by atoms with Gasteiger partial charge >= 0.3 is 0 Å². The molecule has 6 nitrogen and oxygen atoms in total. The van der Waals surface area contributed by atoms with Gasteiger partial charge in [0.15, 0.2) is 0 Å². The van der Waals surface area contributed by atoms with Gasteiger partial charge in [-0.25, -0.2) is 4.39 Å². The Kier molecular flexibility index (Phi) is 5.58. The molecule has 0 aliphatic carbocycles. The molecule has 0 saturated heterocycles. The van der Waals surface area contributed by atoms with Crippen LogP contribution in [-0.4, -0.2) is 17.6 Å². The molecule has 0 spiro atoms. The summed E-state index contributed by atoms with van der Waals surface area (Å²) in [6.07, 6.45) is 1.61. The average Bonchev–Trinajstić information content (AvgIpc) is 3.12. The van der Waals surface area contributed by atoms with Crippen molar-refractivity contribution in [1.29, 1.82) is 0 Å². The summed E-state index contributed by atoms with van der Waals surface area (Å²) >= 11 is 0. The Balaban J connectivity index is 1.63. The molecule has 0 bridgehead atoms. The number of rotatable bonds is 6. The molecule has 1 amide bonds. The van der Waals surface area contributed by atoms with Crippen LogP contribution < -0.4 is 15.6 Å². The number of nitrogens with one attached hydrogen (secondary N) is 1. The van der Waals surface area contributed by atoms with E-state index in [0.29, 0.717) is 17.1 Å². The molecule has 7 heteroatoms. The molecule has 0 aliphatic rings. The number of amides is 1. The van der Waals surface area contributed by atoms with E-state index in [-0.39, 0.29) is 35.4 Å². The number of methoxy groups -OCH3 is 1. The lowest BCUT2D eigenvalue weighted by Crippen LogP contribution is -2.26. The van der Waals surface area contributed by atoms with Crippen molar-refractivity contribution in [3.05, 3.63) is 99.4 Å². The second-order valence-electron chi connectivity index (χ2n) is 7.18. The molecular formula is C24H21FN2O4. The first-order valence-electron chi connectivity index (χ1n) is 9.74. The summed E-state index contributed by atoms with van der Waals surface area (Å²) in [5.74, 6) is 0.331. The van der Waals surface area contributed by atoms with E-state index in [2.05, 4.69) is 5.32 Å². The number of carbonyl (C=O) groups is 1. The largest absolute Gasteiger partial charge is 0.497 e. The van der Waals surface area contributed by atoms with E-state index >= 15 is 0 Å². The first-order valence-corrected chi connectivity index (χ1v) is 9.74. The number of carbonyl (C=O) groups excluding carboxylic acids is 1. The topological polar surface area (TPSA) is 73.5 Å². The van der Waals surface area contributed by atoms with Crippen LogP contribution in [0.1, 0.15) is 27.2 Å². The van der Waals surface area contributed by atoms with Crippen molar-refractivity contribution in [3.63, 3.8) is 0 Å². The standard InChI is InChI=1S/C24H21FN2O4/c1-15-21(23(28)26-13-17-4-3-5-19(12-17)30-2)22-20(31-15)10-11-27(24(22)29)14-16-6-8-18(25)9-7-16/h3-12H,13-14H2,1-2H3,(H,26,28). The zero-order valence-electron chi connectivity index (χ0n) is 17.1. The number of pyridine rings is 1. The maximum atomic E-state index is 13.2. The van der Waals surface area contributed by atoms with Crippen LogP contribution >= 0.6 is 0 Å². The molecule has 0 atom stereocenters. The first kappa shape index (κ1) is 20.4. The Morgan fingerprint density at radius 2 is 1.90 bits per heavy atom. The fourth-order valence-electron chi connectivity index (χ4n) is 3.50. The summed E-state index contributed by atoms with van der Waals surface area (Å²) < 4.78 is 25.5. The molecule has 4 aromatic rings. The first-order chi connectivity index (χ1) is 15.0. The maximum Gasteiger partial charge on any atom is 0.262 e. The summed E-state index contributed by atoms with van der Waals surface area (Å²) in [6.45, 7) is 2.19. The van der Waals surface area contributed by atoms with Crippen molar-refractivity contribution in [2.24, 2.45) is 0 Å². The summed E-state index contributed by atoms with van der Waals surface area (Å²) in [4.78, 5) is 26.1. The van der Waals surface area contributed by atoms with Gasteiger partial charge in [-0.05, 0) is 48.4 Å². The molecule has 2 aromatic heterocycles. The van der Waals surface area contributed by atoms with E-state index in [1.807, 2.05) is 24.3 Å². The number of aromatic nitrogens is 1. The predicted octanol–water partition coefficient (Wildman–Crippen LogP) is 4.03. The zero-order valence-corrected chi connectivity index (χ0v) is 17.1. The van der Waals surface area contributed by atoms with Gasteiger partial charge in [0.25, 0.3) is 11.5 Å². The smallest absolute Gasteiger partial charge is 0.262 e. The highest BCUT2D eigenvalue weighted by atomic mass is 19.1. The number of nitrogens with zero attached hydrogens (tertiary/aromatic N) is 1. The van der Waals surface area contributed by atoms with E-state index in [1.54, 1.807) is 38.4 Å². The molecule has 0 fully saturated rings. The zero-order chi connectivity index (χ0) is 22.0. The minimum atomic E-state index is -0.393.